The molecule has 3 aromatic rings. The number of halogens is 3. The lowest BCUT2D eigenvalue weighted by molar-refractivity contribution is 0.496. The highest BCUT2D eigenvalue weighted by Crippen LogP contribution is 2.26. The van der Waals surface area contributed by atoms with E-state index < -0.39 is 17.5 Å². The Morgan fingerprint density at radius 2 is 1.80 bits per heavy atom. The maximum atomic E-state index is 13.6. The van der Waals surface area contributed by atoms with Gasteiger partial charge in [-0.2, -0.15) is 15.1 Å². The highest BCUT2D eigenvalue weighted by molar-refractivity contribution is 5.88. The summed E-state index contributed by atoms with van der Waals surface area (Å²) < 4.78 is 39.6. The van der Waals surface area contributed by atoms with Gasteiger partial charge in [-0.15, -0.1) is 0 Å². The molecule has 20 heavy (non-hydrogen) atoms. The first-order chi connectivity index (χ1) is 9.54. The molecule has 102 valence electrons. The summed E-state index contributed by atoms with van der Waals surface area (Å²) in [6.07, 6.45) is 1.40. The first-order valence-electron chi connectivity index (χ1n) is 5.43. The fourth-order valence-corrected chi connectivity index (χ4v) is 1.69. The summed E-state index contributed by atoms with van der Waals surface area (Å²) >= 11 is 0. The van der Waals surface area contributed by atoms with Crippen LogP contribution in [0.25, 0.3) is 11.0 Å². The number of hydrogen-bond donors (Lipinski definition) is 3. The third-order valence-corrected chi connectivity index (χ3v) is 2.59. The van der Waals surface area contributed by atoms with Gasteiger partial charge in [0.2, 0.25) is 5.95 Å². The quantitative estimate of drug-likeness (QED) is 0.625. The monoisotopic (exact) mass is 280 g/mol. The Hall–Kier alpha value is -2.84. The maximum Gasteiger partial charge on any atom is 0.224 e. The molecular weight excluding hydrogens is 273 g/mol. The molecule has 3 rings (SSSR count). The molecule has 9 heteroatoms. The van der Waals surface area contributed by atoms with Crippen molar-refractivity contribution in [2.24, 2.45) is 0 Å². The zero-order chi connectivity index (χ0) is 14.3. The molecule has 4 N–H and O–H groups in total. The first-order valence-corrected chi connectivity index (χ1v) is 5.43. The number of aromatic amines is 1. The Labute approximate surface area is 109 Å². The normalized spacial score (nSPS) is 10.9. The van der Waals surface area contributed by atoms with Crippen molar-refractivity contribution >= 4 is 28.5 Å². The Morgan fingerprint density at radius 1 is 1.05 bits per heavy atom. The highest BCUT2D eigenvalue weighted by atomic mass is 19.2. The molecule has 0 unspecified atom stereocenters. The van der Waals surface area contributed by atoms with Crippen molar-refractivity contribution in [1.82, 2.24) is 20.2 Å². The molecule has 0 fully saturated rings. The molecule has 0 spiro atoms. The standard InChI is InChI=1S/C11H7F3N6/c12-5-1-7(14)8(2-6(5)13)17-9-4-3-16-20-10(4)19-11(15)18-9/h1-3H,(H4,15,16,17,18,19,20). The summed E-state index contributed by atoms with van der Waals surface area (Å²) in [6.45, 7) is 0. The Kier molecular flexibility index (Phi) is 2.67. The summed E-state index contributed by atoms with van der Waals surface area (Å²) in [5.74, 6) is -3.36. The smallest absolute Gasteiger partial charge is 0.224 e. The van der Waals surface area contributed by atoms with Crippen LogP contribution in [0.3, 0.4) is 0 Å². The highest BCUT2D eigenvalue weighted by Gasteiger charge is 2.13. The van der Waals surface area contributed by atoms with E-state index in [-0.39, 0.29) is 17.5 Å². The van der Waals surface area contributed by atoms with Crippen molar-refractivity contribution in [2.75, 3.05) is 11.1 Å². The molecule has 0 aliphatic carbocycles. The molecule has 1 aromatic carbocycles. The second-order valence-electron chi connectivity index (χ2n) is 3.93. The van der Waals surface area contributed by atoms with Crippen LogP contribution in [-0.2, 0) is 0 Å². The van der Waals surface area contributed by atoms with E-state index in [4.69, 9.17) is 5.73 Å². The summed E-state index contributed by atoms with van der Waals surface area (Å²) in [6, 6.07) is 1.13. The fourth-order valence-electron chi connectivity index (χ4n) is 1.69. The van der Waals surface area contributed by atoms with Gasteiger partial charge in [0, 0.05) is 12.1 Å². The van der Waals surface area contributed by atoms with E-state index in [2.05, 4.69) is 25.5 Å². The number of rotatable bonds is 2. The van der Waals surface area contributed by atoms with Crippen LogP contribution < -0.4 is 11.1 Å². The van der Waals surface area contributed by atoms with Crippen LogP contribution in [0.15, 0.2) is 18.3 Å². The number of nitrogens with zero attached hydrogens (tertiary/aromatic N) is 3. The number of anilines is 3. The number of fused-ring (bicyclic) bond motifs is 1. The van der Waals surface area contributed by atoms with Gasteiger partial charge in [0.15, 0.2) is 17.3 Å². The second-order valence-corrected chi connectivity index (χ2v) is 3.93. The van der Waals surface area contributed by atoms with Crippen LogP contribution in [0.1, 0.15) is 0 Å². The maximum absolute atomic E-state index is 13.6. The molecule has 0 aliphatic heterocycles. The number of aromatic nitrogens is 4. The Balaban J connectivity index is 2.09. The van der Waals surface area contributed by atoms with E-state index in [0.717, 1.165) is 0 Å². The van der Waals surface area contributed by atoms with E-state index in [9.17, 15) is 13.2 Å². The number of nitrogens with one attached hydrogen (secondary N) is 2. The number of nitrogens with two attached hydrogens (primary N) is 1. The molecule has 0 saturated carbocycles. The van der Waals surface area contributed by atoms with Crippen molar-refractivity contribution in [2.45, 2.75) is 0 Å². The van der Waals surface area contributed by atoms with Gasteiger partial charge in [-0.05, 0) is 0 Å². The molecule has 0 saturated heterocycles. The molecule has 2 aromatic heterocycles. The fraction of sp³-hybridized carbons (Fsp3) is 0. The van der Waals surface area contributed by atoms with Gasteiger partial charge in [-0.25, -0.2) is 13.2 Å². The topological polar surface area (TPSA) is 92.5 Å². The largest absolute Gasteiger partial charge is 0.368 e. The zero-order valence-electron chi connectivity index (χ0n) is 9.78. The van der Waals surface area contributed by atoms with Crippen LogP contribution in [-0.4, -0.2) is 20.2 Å². The van der Waals surface area contributed by atoms with E-state index in [1.165, 1.54) is 6.20 Å². The third-order valence-electron chi connectivity index (χ3n) is 2.59. The molecule has 0 amide bonds. The summed E-state index contributed by atoms with van der Waals surface area (Å²) in [5.41, 5.74) is 5.55. The molecule has 6 nitrogen and oxygen atoms in total. The van der Waals surface area contributed by atoms with Gasteiger partial charge in [0.05, 0.1) is 17.3 Å². The Bertz CT molecular complexity index is 800. The van der Waals surface area contributed by atoms with Crippen molar-refractivity contribution in [3.63, 3.8) is 0 Å². The van der Waals surface area contributed by atoms with Crippen molar-refractivity contribution in [1.29, 1.82) is 0 Å². The van der Waals surface area contributed by atoms with E-state index in [1.807, 2.05) is 0 Å². The van der Waals surface area contributed by atoms with Crippen LogP contribution in [0.4, 0.5) is 30.6 Å². The lowest BCUT2D eigenvalue weighted by Crippen LogP contribution is -2.03. The average molecular weight is 280 g/mol. The first kappa shape index (κ1) is 12.2. The molecule has 2 heterocycles. The molecule has 0 atom stereocenters. The minimum atomic E-state index is -1.27. The number of benzene rings is 1. The summed E-state index contributed by atoms with van der Waals surface area (Å²) in [5, 5.41) is 9.29. The molecular formula is C11H7F3N6. The van der Waals surface area contributed by atoms with Crippen LogP contribution in [0.2, 0.25) is 0 Å². The number of hydrogen-bond acceptors (Lipinski definition) is 5. The summed E-state index contributed by atoms with van der Waals surface area (Å²) in [7, 11) is 0. The molecule has 0 radical (unpaired) electrons. The minimum absolute atomic E-state index is 0.0766. The molecule has 0 bridgehead atoms. The zero-order valence-corrected chi connectivity index (χ0v) is 9.78. The number of H-pyrrole nitrogens is 1. The molecule has 0 aliphatic rings. The predicted octanol–water partition coefficient (Wildman–Crippen LogP) is 2.10. The number of nitrogen functional groups attached to an aromatic ring is 1. The predicted molar refractivity (Wildman–Crippen MR) is 65.7 cm³/mol. The van der Waals surface area contributed by atoms with Gasteiger partial charge >= 0.3 is 0 Å². The SMILES string of the molecule is Nc1nc(Nc2cc(F)c(F)cc2F)c2cn[nH]c2n1. The Morgan fingerprint density at radius 3 is 2.60 bits per heavy atom. The van der Waals surface area contributed by atoms with Gasteiger partial charge in [-0.1, -0.05) is 0 Å². The van der Waals surface area contributed by atoms with Crippen molar-refractivity contribution < 1.29 is 13.2 Å². The van der Waals surface area contributed by atoms with Gasteiger partial charge < -0.3 is 11.1 Å². The van der Waals surface area contributed by atoms with E-state index >= 15 is 0 Å². The average Bonchev–Trinajstić information content (AvgIpc) is 2.84. The second kappa shape index (κ2) is 4.37. The third kappa shape index (κ3) is 1.98. The lowest BCUT2D eigenvalue weighted by Gasteiger charge is -2.08. The summed E-state index contributed by atoms with van der Waals surface area (Å²) in [4.78, 5) is 7.75. The van der Waals surface area contributed by atoms with Crippen molar-refractivity contribution in [3.8, 4) is 0 Å². The van der Waals surface area contributed by atoms with Gasteiger partial charge in [-0.3, -0.25) is 5.10 Å². The minimum Gasteiger partial charge on any atom is -0.368 e. The van der Waals surface area contributed by atoms with Gasteiger partial charge in [0.1, 0.15) is 11.6 Å². The van der Waals surface area contributed by atoms with E-state index in [0.29, 0.717) is 23.2 Å². The van der Waals surface area contributed by atoms with Crippen LogP contribution in [0.5, 0.6) is 0 Å². The lowest BCUT2D eigenvalue weighted by atomic mass is 10.2. The van der Waals surface area contributed by atoms with E-state index in [1.54, 1.807) is 0 Å². The van der Waals surface area contributed by atoms with Crippen LogP contribution in [0, 0.1) is 17.5 Å². The van der Waals surface area contributed by atoms with Crippen molar-refractivity contribution in [3.05, 3.63) is 35.8 Å². The van der Waals surface area contributed by atoms with Gasteiger partial charge in [0.25, 0.3) is 0 Å². The van der Waals surface area contributed by atoms with Crippen LogP contribution >= 0.6 is 0 Å².